The highest BCUT2D eigenvalue weighted by Gasteiger charge is 1.89. The molecule has 0 aliphatic carbocycles. The molecule has 0 aliphatic rings. The summed E-state index contributed by atoms with van der Waals surface area (Å²) in [6.07, 6.45) is 4.81. The van der Waals surface area contributed by atoms with E-state index in [0.717, 1.165) is 0 Å². The lowest BCUT2D eigenvalue weighted by atomic mass is 10.2. The number of H-pyrrole nitrogens is 1. The Morgan fingerprint density at radius 2 is 2.54 bits per heavy atom. The van der Waals surface area contributed by atoms with Gasteiger partial charge in [-0.2, -0.15) is 0 Å². The molecule has 13 heavy (non-hydrogen) atoms. The second-order valence-electron chi connectivity index (χ2n) is 2.27. The van der Waals surface area contributed by atoms with E-state index in [4.69, 9.17) is 5.53 Å². The monoisotopic (exact) mass is 176 g/mol. The molecular weight excluding hydrogens is 168 g/mol. The molecule has 0 saturated heterocycles. The molecule has 0 aromatic carbocycles. The fourth-order valence-corrected chi connectivity index (χ4v) is 0.829. The molecule has 0 radical (unpaired) electrons. The first-order chi connectivity index (χ1) is 6.34. The van der Waals surface area contributed by atoms with Gasteiger partial charge in [0.15, 0.2) is 0 Å². The van der Waals surface area contributed by atoms with Gasteiger partial charge < -0.3 is 4.98 Å². The van der Waals surface area contributed by atoms with Crippen molar-refractivity contribution >= 4 is 6.08 Å². The number of hydrogen-bond donors (Lipinski definition) is 1. The fraction of sp³-hybridized carbons (Fsp3) is 0.125. The molecule has 0 atom stereocenters. The first-order valence-electron chi connectivity index (χ1n) is 3.69. The molecule has 0 unspecified atom stereocenters. The lowest BCUT2D eigenvalue weighted by Crippen LogP contribution is -2.06. The van der Waals surface area contributed by atoms with Crippen LogP contribution in [0.1, 0.15) is 5.56 Å². The van der Waals surface area contributed by atoms with E-state index in [1.54, 1.807) is 30.5 Å². The van der Waals surface area contributed by atoms with Crippen LogP contribution in [0.4, 0.5) is 0 Å². The molecule has 5 nitrogen and oxygen atoms in total. The molecule has 1 rings (SSSR count). The van der Waals surface area contributed by atoms with Gasteiger partial charge in [0, 0.05) is 23.2 Å². The van der Waals surface area contributed by atoms with E-state index in [2.05, 4.69) is 15.0 Å². The van der Waals surface area contributed by atoms with Crippen LogP contribution in [0.25, 0.3) is 16.5 Å². The number of hydrogen-bond acceptors (Lipinski definition) is 2. The van der Waals surface area contributed by atoms with Crippen molar-refractivity contribution in [3.63, 3.8) is 0 Å². The van der Waals surface area contributed by atoms with Crippen molar-refractivity contribution in [3.05, 3.63) is 50.8 Å². The van der Waals surface area contributed by atoms with E-state index in [0.29, 0.717) is 5.56 Å². The largest absolute Gasteiger partial charge is 0.329 e. The SMILES string of the molecule is [N-]=[N+]=NCC=Cc1ccc[nH]c1=O. The first-order valence-corrected chi connectivity index (χ1v) is 3.69. The van der Waals surface area contributed by atoms with Crippen LogP contribution in [0.5, 0.6) is 0 Å². The maximum Gasteiger partial charge on any atom is 0.255 e. The zero-order valence-electron chi connectivity index (χ0n) is 6.84. The maximum atomic E-state index is 11.1. The van der Waals surface area contributed by atoms with Crippen molar-refractivity contribution in [1.29, 1.82) is 0 Å². The second kappa shape index (κ2) is 4.79. The molecular formula is C8H8N4O. The minimum absolute atomic E-state index is 0.153. The molecule has 0 bridgehead atoms. The summed E-state index contributed by atoms with van der Waals surface area (Å²) in [6, 6.07) is 3.42. The number of pyridine rings is 1. The van der Waals surface area contributed by atoms with E-state index in [1.165, 1.54) is 0 Å². The van der Waals surface area contributed by atoms with Crippen LogP contribution in [0.3, 0.4) is 0 Å². The molecule has 1 aromatic rings. The molecule has 0 aliphatic heterocycles. The molecule has 1 heterocycles. The van der Waals surface area contributed by atoms with E-state index in [9.17, 15) is 4.79 Å². The van der Waals surface area contributed by atoms with Gasteiger partial charge in [-0.15, -0.1) is 0 Å². The highest BCUT2D eigenvalue weighted by atomic mass is 16.1. The number of aromatic nitrogens is 1. The maximum absolute atomic E-state index is 11.1. The summed E-state index contributed by atoms with van der Waals surface area (Å²) in [4.78, 5) is 16.2. The Labute approximate surface area is 74.4 Å². The smallest absolute Gasteiger partial charge is 0.255 e. The summed E-state index contributed by atoms with van der Waals surface area (Å²) in [5, 5.41) is 3.30. The molecule has 0 fully saturated rings. The molecule has 66 valence electrons. The Balaban J connectivity index is 2.74. The van der Waals surface area contributed by atoms with Crippen molar-refractivity contribution in [2.45, 2.75) is 0 Å². The van der Waals surface area contributed by atoms with Crippen molar-refractivity contribution in [3.8, 4) is 0 Å². The van der Waals surface area contributed by atoms with Gasteiger partial charge in [-0.1, -0.05) is 17.3 Å². The van der Waals surface area contributed by atoms with Crippen molar-refractivity contribution in [1.82, 2.24) is 4.98 Å². The first kappa shape index (κ1) is 9.09. The van der Waals surface area contributed by atoms with E-state index < -0.39 is 0 Å². The van der Waals surface area contributed by atoms with Crippen LogP contribution in [-0.4, -0.2) is 11.5 Å². The van der Waals surface area contributed by atoms with Crippen LogP contribution in [0.15, 0.2) is 34.3 Å². The minimum Gasteiger partial charge on any atom is -0.329 e. The Morgan fingerprint density at radius 1 is 1.69 bits per heavy atom. The summed E-state index contributed by atoms with van der Waals surface area (Å²) in [5.74, 6) is 0. The van der Waals surface area contributed by atoms with Gasteiger partial charge in [0.05, 0.1) is 0 Å². The Morgan fingerprint density at radius 3 is 3.23 bits per heavy atom. The summed E-state index contributed by atoms with van der Waals surface area (Å²) in [6.45, 7) is 0.255. The third kappa shape index (κ3) is 2.84. The van der Waals surface area contributed by atoms with Crippen LogP contribution >= 0.6 is 0 Å². The normalized spacial score (nSPS) is 9.85. The van der Waals surface area contributed by atoms with Crippen molar-refractivity contribution in [2.75, 3.05) is 6.54 Å². The minimum atomic E-state index is -0.153. The predicted octanol–water partition coefficient (Wildman–Crippen LogP) is 1.70. The van der Waals surface area contributed by atoms with Gasteiger partial charge in [-0.3, -0.25) is 4.79 Å². The Bertz CT molecular complexity index is 401. The standard InChI is InChI=1S/C8H8N4O/c9-12-11-6-2-4-7-3-1-5-10-8(7)13/h1-5H,6H2,(H,10,13). The molecule has 0 saturated carbocycles. The van der Waals surface area contributed by atoms with Crippen LogP contribution in [-0.2, 0) is 0 Å². The van der Waals surface area contributed by atoms with E-state index >= 15 is 0 Å². The molecule has 1 N–H and O–H groups in total. The molecule has 5 heteroatoms. The van der Waals surface area contributed by atoms with Gasteiger partial charge in [0.25, 0.3) is 5.56 Å². The fourth-order valence-electron chi connectivity index (χ4n) is 0.829. The highest BCUT2D eigenvalue weighted by Crippen LogP contribution is 1.92. The van der Waals surface area contributed by atoms with Crippen LogP contribution in [0.2, 0.25) is 0 Å². The second-order valence-corrected chi connectivity index (χ2v) is 2.27. The number of aromatic amines is 1. The summed E-state index contributed by atoms with van der Waals surface area (Å²) in [5.41, 5.74) is 8.37. The van der Waals surface area contributed by atoms with E-state index in [-0.39, 0.29) is 12.1 Å². The average Bonchev–Trinajstić information content (AvgIpc) is 2.15. The topological polar surface area (TPSA) is 81.6 Å². The molecule has 1 aromatic heterocycles. The van der Waals surface area contributed by atoms with Gasteiger partial charge >= 0.3 is 0 Å². The van der Waals surface area contributed by atoms with Crippen LogP contribution in [0, 0.1) is 0 Å². The van der Waals surface area contributed by atoms with E-state index in [1.807, 2.05) is 0 Å². The van der Waals surface area contributed by atoms with Crippen molar-refractivity contribution in [2.24, 2.45) is 5.11 Å². The average molecular weight is 176 g/mol. The van der Waals surface area contributed by atoms with Gasteiger partial charge in [0.1, 0.15) is 0 Å². The third-order valence-corrected chi connectivity index (χ3v) is 1.40. The zero-order valence-corrected chi connectivity index (χ0v) is 6.84. The number of nitrogens with zero attached hydrogens (tertiary/aromatic N) is 3. The van der Waals surface area contributed by atoms with Gasteiger partial charge in [0.2, 0.25) is 0 Å². The van der Waals surface area contributed by atoms with Crippen molar-refractivity contribution < 1.29 is 0 Å². The zero-order chi connectivity index (χ0) is 9.52. The lowest BCUT2D eigenvalue weighted by Gasteiger charge is -1.88. The Hall–Kier alpha value is -2.00. The number of nitrogens with one attached hydrogen (secondary N) is 1. The quantitative estimate of drug-likeness (QED) is 0.424. The lowest BCUT2D eigenvalue weighted by molar-refractivity contribution is 1.20. The summed E-state index contributed by atoms with van der Waals surface area (Å²) >= 11 is 0. The Kier molecular flexibility index (Phi) is 3.35. The van der Waals surface area contributed by atoms with Gasteiger partial charge in [-0.05, 0) is 17.7 Å². The van der Waals surface area contributed by atoms with Crippen LogP contribution < -0.4 is 5.56 Å². The summed E-state index contributed by atoms with van der Waals surface area (Å²) in [7, 11) is 0. The number of azide groups is 1. The molecule has 0 spiro atoms. The summed E-state index contributed by atoms with van der Waals surface area (Å²) < 4.78 is 0. The number of rotatable bonds is 3. The molecule has 0 amide bonds. The van der Waals surface area contributed by atoms with Gasteiger partial charge in [-0.25, -0.2) is 0 Å². The highest BCUT2D eigenvalue weighted by molar-refractivity contribution is 5.47. The predicted molar refractivity (Wildman–Crippen MR) is 50.1 cm³/mol. The third-order valence-electron chi connectivity index (χ3n) is 1.40.